The number of aromatic nitrogens is 3. The van der Waals surface area contributed by atoms with E-state index in [1.165, 1.54) is 0 Å². The van der Waals surface area contributed by atoms with E-state index in [0.717, 1.165) is 16.8 Å². The van der Waals surface area contributed by atoms with Crippen molar-refractivity contribution in [2.45, 2.75) is 6.61 Å². The number of ether oxygens (including phenoxy) is 4. The van der Waals surface area contributed by atoms with Gasteiger partial charge >= 0.3 is 0 Å². The molecule has 0 spiro atoms. The maximum absolute atomic E-state index is 6.02. The Morgan fingerprint density at radius 2 is 1.55 bits per heavy atom. The molecule has 0 saturated heterocycles. The van der Waals surface area contributed by atoms with Crippen LogP contribution in [0, 0.1) is 4.77 Å². The molecule has 4 rings (SSSR count). The summed E-state index contributed by atoms with van der Waals surface area (Å²) in [6.45, 7) is 0.333. The number of nitrogens with one attached hydrogen (secondary N) is 1. The number of nitrogens with zero attached hydrogens (tertiary/aromatic N) is 2. The number of halogens is 1. The van der Waals surface area contributed by atoms with Gasteiger partial charge in [0.1, 0.15) is 12.4 Å². The Balaban J connectivity index is 1.54. The summed E-state index contributed by atoms with van der Waals surface area (Å²) in [7, 11) is 4.74. The van der Waals surface area contributed by atoms with Crippen LogP contribution in [0.2, 0.25) is 5.02 Å². The highest BCUT2D eigenvalue weighted by molar-refractivity contribution is 7.71. The average Bonchev–Trinajstić information content (AvgIpc) is 3.24. The standard InChI is InChI=1S/C24H22ClN3O4S/c1-29-20-12-15(13-21(30-2)22(20)31-3)14-32-19-10-4-16(5-11-19)23-26-27-24(33)28(23)18-8-6-17(25)7-9-18/h4-13H,14H2,1-3H3,(H,27,33). The molecule has 0 amide bonds. The smallest absolute Gasteiger partial charge is 0.203 e. The fourth-order valence-electron chi connectivity index (χ4n) is 3.41. The van der Waals surface area contributed by atoms with Crippen molar-refractivity contribution in [2.24, 2.45) is 0 Å². The molecule has 0 aliphatic rings. The Morgan fingerprint density at radius 3 is 2.12 bits per heavy atom. The molecule has 0 fully saturated rings. The van der Waals surface area contributed by atoms with Gasteiger partial charge in [-0.2, -0.15) is 5.10 Å². The monoisotopic (exact) mass is 483 g/mol. The van der Waals surface area contributed by atoms with Gasteiger partial charge in [0, 0.05) is 10.6 Å². The van der Waals surface area contributed by atoms with E-state index in [4.69, 9.17) is 42.8 Å². The molecule has 0 aliphatic heterocycles. The molecule has 0 aliphatic carbocycles. The first kappa shape index (κ1) is 22.7. The molecule has 9 heteroatoms. The number of aromatic amines is 1. The first-order valence-electron chi connectivity index (χ1n) is 9.99. The molecule has 1 aromatic heterocycles. The van der Waals surface area contributed by atoms with Crippen LogP contribution in [-0.4, -0.2) is 36.1 Å². The van der Waals surface area contributed by atoms with Crippen LogP contribution >= 0.6 is 23.8 Å². The Labute approximate surface area is 201 Å². The lowest BCUT2D eigenvalue weighted by atomic mass is 10.2. The Bertz CT molecular complexity index is 1280. The molecule has 7 nitrogen and oxygen atoms in total. The van der Waals surface area contributed by atoms with Crippen LogP contribution in [0.3, 0.4) is 0 Å². The van der Waals surface area contributed by atoms with Gasteiger partial charge in [-0.1, -0.05) is 11.6 Å². The lowest BCUT2D eigenvalue weighted by molar-refractivity contribution is 0.298. The van der Waals surface area contributed by atoms with Crippen molar-refractivity contribution in [1.82, 2.24) is 14.8 Å². The van der Waals surface area contributed by atoms with E-state index in [1.54, 1.807) is 21.3 Å². The largest absolute Gasteiger partial charge is 0.493 e. The van der Waals surface area contributed by atoms with Crippen LogP contribution in [0.25, 0.3) is 17.1 Å². The van der Waals surface area contributed by atoms with Crippen molar-refractivity contribution in [3.63, 3.8) is 0 Å². The van der Waals surface area contributed by atoms with Crippen molar-refractivity contribution in [3.8, 4) is 40.1 Å². The first-order chi connectivity index (χ1) is 16.0. The lowest BCUT2D eigenvalue weighted by Gasteiger charge is -2.14. The molecule has 170 valence electrons. The number of rotatable bonds is 8. The van der Waals surface area contributed by atoms with Crippen LogP contribution in [-0.2, 0) is 6.61 Å². The number of hydrogen-bond donors (Lipinski definition) is 1. The summed E-state index contributed by atoms with van der Waals surface area (Å²) in [4.78, 5) is 0. The molecule has 4 aromatic rings. The third-order valence-electron chi connectivity index (χ3n) is 5.00. The summed E-state index contributed by atoms with van der Waals surface area (Å²) in [5.74, 6) is 3.10. The van der Waals surface area contributed by atoms with Gasteiger partial charge in [0.15, 0.2) is 22.1 Å². The zero-order chi connectivity index (χ0) is 23.4. The molecule has 0 unspecified atom stereocenters. The quantitative estimate of drug-likeness (QED) is 0.317. The van der Waals surface area contributed by atoms with E-state index in [-0.39, 0.29) is 0 Å². The minimum Gasteiger partial charge on any atom is -0.493 e. The SMILES string of the molecule is COc1cc(COc2ccc(-c3n[nH]c(=S)n3-c3ccc(Cl)cc3)cc2)cc(OC)c1OC. The number of H-pyrrole nitrogens is 1. The first-order valence-corrected chi connectivity index (χ1v) is 10.8. The van der Waals surface area contributed by atoms with Gasteiger partial charge in [0.2, 0.25) is 5.75 Å². The second kappa shape index (κ2) is 9.97. The molecule has 0 atom stereocenters. The zero-order valence-corrected chi connectivity index (χ0v) is 19.9. The summed E-state index contributed by atoms with van der Waals surface area (Å²) in [6, 6.07) is 18.8. The van der Waals surface area contributed by atoms with Gasteiger partial charge in [-0.05, 0) is 78.4 Å². The van der Waals surface area contributed by atoms with Crippen LogP contribution < -0.4 is 18.9 Å². The number of benzene rings is 3. The highest BCUT2D eigenvalue weighted by Crippen LogP contribution is 2.38. The van der Waals surface area contributed by atoms with Crippen LogP contribution in [0.1, 0.15) is 5.56 Å². The molecule has 0 radical (unpaired) electrons. The van der Waals surface area contributed by atoms with Crippen LogP contribution in [0.4, 0.5) is 0 Å². The van der Waals surface area contributed by atoms with Crippen molar-refractivity contribution < 1.29 is 18.9 Å². The summed E-state index contributed by atoms with van der Waals surface area (Å²) in [5.41, 5.74) is 2.64. The summed E-state index contributed by atoms with van der Waals surface area (Å²) < 4.78 is 24.5. The van der Waals surface area contributed by atoms with E-state index in [1.807, 2.05) is 65.2 Å². The number of hydrogen-bond acceptors (Lipinski definition) is 6. The van der Waals surface area contributed by atoms with E-state index >= 15 is 0 Å². The van der Waals surface area contributed by atoms with Crippen molar-refractivity contribution >= 4 is 23.8 Å². The van der Waals surface area contributed by atoms with Gasteiger partial charge in [-0.15, -0.1) is 0 Å². The van der Waals surface area contributed by atoms with E-state index in [2.05, 4.69) is 10.2 Å². The minimum absolute atomic E-state index is 0.333. The molecule has 33 heavy (non-hydrogen) atoms. The number of methoxy groups -OCH3 is 3. The Kier molecular flexibility index (Phi) is 6.86. The molecule has 1 N–H and O–H groups in total. The normalized spacial score (nSPS) is 10.7. The van der Waals surface area contributed by atoms with E-state index in [0.29, 0.717) is 45.2 Å². The Morgan fingerprint density at radius 1 is 0.909 bits per heavy atom. The second-order valence-electron chi connectivity index (χ2n) is 7.01. The van der Waals surface area contributed by atoms with Crippen LogP contribution in [0.5, 0.6) is 23.0 Å². The van der Waals surface area contributed by atoms with E-state index < -0.39 is 0 Å². The third kappa shape index (κ3) is 4.81. The second-order valence-corrected chi connectivity index (χ2v) is 7.83. The topological polar surface area (TPSA) is 70.5 Å². The van der Waals surface area contributed by atoms with Gasteiger partial charge in [0.05, 0.1) is 27.0 Å². The zero-order valence-electron chi connectivity index (χ0n) is 18.3. The molecular formula is C24H22ClN3O4S. The molecule has 3 aromatic carbocycles. The van der Waals surface area contributed by atoms with Crippen molar-refractivity contribution in [2.75, 3.05) is 21.3 Å². The molecular weight excluding hydrogens is 462 g/mol. The molecule has 1 heterocycles. The van der Waals surface area contributed by atoms with Crippen molar-refractivity contribution in [3.05, 3.63) is 76.0 Å². The van der Waals surface area contributed by atoms with Crippen LogP contribution in [0.15, 0.2) is 60.7 Å². The fraction of sp³-hybridized carbons (Fsp3) is 0.167. The fourth-order valence-corrected chi connectivity index (χ4v) is 3.77. The predicted octanol–water partition coefficient (Wildman–Crippen LogP) is 5.86. The molecule has 0 bridgehead atoms. The minimum atomic E-state index is 0.333. The highest BCUT2D eigenvalue weighted by Gasteiger charge is 2.14. The van der Waals surface area contributed by atoms with E-state index in [9.17, 15) is 0 Å². The van der Waals surface area contributed by atoms with Gasteiger partial charge in [-0.3, -0.25) is 9.67 Å². The van der Waals surface area contributed by atoms with Crippen molar-refractivity contribution in [1.29, 1.82) is 0 Å². The maximum Gasteiger partial charge on any atom is 0.203 e. The summed E-state index contributed by atoms with van der Waals surface area (Å²) in [5, 5.41) is 7.91. The molecule has 0 saturated carbocycles. The third-order valence-corrected chi connectivity index (χ3v) is 5.53. The Hall–Kier alpha value is -3.49. The average molecular weight is 484 g/mol. The predicted molar refractivity (Wildman–Crippen MR) is 130 cm³/mol. The van der Waals surface area contributed by atoms with Gasteiger partial charge in [0.25, 0.3) is 0 Å². The summed E-state index contributed by atoms with van der Waals surface area (Å²) in [6.07, 6.45) is 0. The maximum atomic E-state index is 6.02. The van der Waals surface area contributed by atoms with Gasteiger partial charge < -0.3 is 18.9 Å². The summed E-state index contributed by atoms with van der Waals surface area (Å²) >= 11 is 11.4. The lowest BCUT2D eigenvalue weighted by Crippen LogP contribution is -2.00. The highest BCUT2D eigenvalue weighted by atomic mass is 35.5. The van der Waals surface area contributed by atoms with Gasteiger partial charge in [-0.25, -0.2) is 0 Å².